The van der Waals surface area contributed by atoms with E-state index in [-0.39, 0.29) is 5.97 Å². The molecular formula is C16H19NO3. The summed E-state index contributed by atoms with van der Waals surface area (Å²) in [6.07, 6.45) is -0.0380. The highest BCUT2D eigenvalue weighted by Crippen LogP contribution is 2.25. The topological polar surface area (TPSA) is 48.4 Å². The molecule has 4 heteroatoms. The highest BCUT2D eigenvalue weighted by molar-refractivity contribution is 5.85. The Balaban J connectivity index is 2.32. The van der Waals surface area contributed by atoms with E-state index < -0.39 is 6.10 Å². The van der Waals surface area contributed by atoms with Crippen LogP contribution in [-0.2, 0) is 9.53 Å². The van der Waals surface area contributed by atoms with Gasteiger partial charge in [-0.2, -0.15) is 0 Å². The largest absolute Gasteiger partial charge is 0.476 e. The van der Waals surface area contributed by atoms with Gasteiger partial charge in [0.05, 0.1) is 6.61 Å². The lowest BCUT2D eigenvalue weighted by atomic mass is 10.2. The molecule has 0 fully saturated rings. The minimum absolute atomic E-state index is 0.334. The number of pyridine rings is 1. The number of benzene rings is 1. The van der Waals surface area contributed by atoms with Crippen molar-refractivity contribution in [1.29, 1.82) is 0 Å². The first-order chi connectivity index (χ1) is 9.65. The Labute approximate surface area is 118 Å². The predicted octanol–water partition coefficient (Wildman–Crippen LogP) is 3.26. The summed E-state index contributed by atoms with van der Waals surface area (Å²) in [5, 5.41) is 0.992. The van der Waals surface area contributed by atoms with E-state index in [1.54, 1.807) is 6.92 Å². The molecule has 1 atom stereocenters. The second-order valence-corrected chi connectivity index (χ2v) is 4.55. The number of para-hydroxylation sites is 1. The van der Waals surface area contributed by atoms with E-state index in [1.165, 1.54) is 0 Å². The van der Waals surface area contributed by atoms with Crippen LogP contribution in [0.15, 0.2) is 30.3 Å². The Bertz CT molecular complexity index is 610. The Kier molecular flexibility index (Phi) is 4.56. The van der Waals surface area contributed by atoms with Crippen molar-refractivity contribution in [1.82, 2.24) is 4.98 Å². The van der Waals surface area contributed by atoms with Crippen LogP contribution in [-0.4, -0.2) is 23.7 Å². The number of carbonyl (C=O) groups excluding carboxylic acids is 1. The number of ether oxygens (including phenoxy) is 2. The fourth-order valence-electron chi connectivity index (χ4n) is 2.00. The number of fused-ring (bicyclic) bond motifs is 1. The fourth-order valence-corrected chi connectivity index (χ4v) is 2.00. The maximum Gasteiger partial charge on any atom is 0.347 e. The first-order valence-corrected chi connectivity index (χ1v) is 6.85. The number of esters is 1. The molecule has 0 aliphatic heterocycles. The first kappa shape index (κ1) is 14.3. The molecular weight excluding hydrogens is 254 g/mol. The number of rotatable bonds is 5. The van der Waals surface area contributed by atoms with Gasteiger partial charge < -0.3 is 9.47 Å². The van der Waals surface area contributed by atoms with Crippen molar-refractivity contribution in [3.63, 3.8) is 0 Å². The molecule has 0 saturated heterocycles. The van der Waals surface area contributed by atoms with Crippen molar-refractivity contribution in [2.24, 2.45) is 0 Å². The number of nitrogens with zero attached hydrogens (tertiary/aromatic N) is 1. The number of hydrogen-bond donors (Lipinski definition) is 0. The third-order valence-corrected chi connectivity index (χ3v) is 3.01. The zero-order valence-corrected chi connectivity index (χ0v) is 12.1. The molecule has 0 amide bonds. The number of hydrogen-bond acceptors (Lipinski definition) is 4. The highest BCUT2D eigenvalue weighted by Gasteiger charge is 2.20. The van der Waals surface area contributed by atoms with Crippen LogP contribution in [0, 0.1) is 6.92 Å². The van der Waals surface area contributed by atoms with Crippen molar-refractivity contribution in [2.45, 2.75) is 33.3 Å². The summed E-state index contributed by atoms with van der Waals surface area (Å²) in [5.74, 6) is 0.283. The molecule has 2 rings (SSSR count). The van der Waals surface area contributed by atoms with Crippen LogP contribution >= 0.6 is 0 Å². The van der Waals surface area contributed by atoms with Crippen molar-refractivity contribution >= 4 is 16.9 Å². The Morgan fingerprint density at radius 2 is 2.05 bits per heavy atom. The van der Waals surface area contributed by atoms with E-state index in [1.807, 2.05) is 44.2 Å². The molecule has 0 radical (unpaired) electrons. The summed E-state index contributed by atoms with van der Waals surface area (Å²) < 4.78 is 10.8. The van der Waals surface area contributed by atoms with Gasteiger partial charge in [-0.1, -0.05) is 25.1 Å². The van der Waals surface area contributed by atoms with Gasteiger partial charge in [-0.15, -0.1) is 0 Å². The van der Waals surface area contributed by atoms with Crippen LogP contribution in [0.4, 0.5) is 0 Å². The summed E-state index contributed by atoms with van der Waals surface area (Å²) in [5.41, 5.74) is 1.69. The van der Waals surface area contributed by atoms with Crippen molar-refractivity contribution in [3.8, 4) is 5.75 Å². The average Bonchev–Trinajstić information content (AvgIpc) is 2.45. The third-order valence-electron chi connectivity index (χ3n) is 3.01. The van der Waals surface area contributed by atoms with Gasteiger partial charge in [0.25, 0.3) is 0 Å². The van der Waals surface area contributed by atoms with E-state index in [0.29, 0.717) is 18.8 Å². The molecule has 1 heterocycles. The molecule has 1 aromatic heterocycles. The summed E-state index contributed by atoms with van der Waals surface area (Å²) in [7, 11) is 0. The lowest BCUT2D eigenvalue weighted by molar-refractivity contribution is -0.151. The molecule has 106 valence electrons. The minimum Gasteiger partial charge on any atom is -0.476 e. The number of carbonyl (C=O) groups is 1. The summed E-state index contributed by atoms with van der Waals surface area (Å²) in [6.45, 7) is 5.96. The van der Waals surface area contributed by atoms with Crippen LogP contribution in [0.2, 0.25) is 0 Å². The van der Waals surface area contributed by atoms with E-state index in [4.69, 9.17) is 9.47 Å². The van der Waals surface area contributed by atoms with Crippen molar-refractivity contribution in [2.75, 3.05) is 6.61 Å². The quantitative estimate of drug-likeness (QED) is 0.784. The SMILES string of the molecule is CCOC(=O)C(CC)Oc1cccc2ccc(C)nc12. The zero-order chi connectivity index (χ0) is 14.5. The maximum absolute atomic E-state index is 11.8. The Morgan fingerprint density at radius 1 is 1.25 bits per heavy atom. The summed E-state index contributed by atoms with van der Waals surface area (Å²) in [4.78, 5) is 16.3. The molecule has 0 spiro atoms. The van der Waals surface area contributed by atoms with E-state index >= 15 is 0 Å². The van der Waals surface area contributed by atoms with E-state index in [0.717, 1.165) is 16.6 Å². The molecule has 0 bridgehead atoms. The molecule has 0 saturated carbocycles. The molecule has 0 N–H and O–H groups in total. The monoisotopic (exact) mass is 273 g/mol. The van der Waals surface area contributed by atoms with Crippen molar-refractivity contribution < 1.29 is 14.3 Å². The van der Waals surface area contributed by atoms with Crippen LogP contribution in [0.5, 0.6) is 5.75 Å². The predicted molar refractivity (Wildman–Crippen MR) is 77.8 cm³/mol. The lowest BCUT2D eigenvalue weighted by Crippen LogP contribution is -2.28. The van der Waals surface area contributed by atoms with Gasteiger partial charge in [0.2, 0.25) is 0 Å². The van der Waals surface area contributed by atoms with Crippen LogP contribution in [0.3, 0.4) is 0 Å². The molecule has 2 aromatic rings. The first-order valence-electron chi connectivity index (χ1n) is 6.85. The van der Waals surface area contributed by atoms with Gasteiger partial charge in [-0.25, -0.2) is 9.78 Å². The maximum atomic E-state index is 11.8. The van der Waals surface area contributed by atoms with E-state index in [2.05, 4.69) is 4.98 Å². The lowest BCUT2D eigenvalue weighted by Gasteiger charge is -2.17. The fraction of sp³-hybridized carbons (Fsp3) is 0.375. The van der Waals surface area contributed by atoms with Gasteiger partial charge in [0, 0.05) is 11.1 Å². The van der Waals surface area contributed by atoms with Gasteiger partial charge in [-0.3, -0.25) is 0 Å². The normalized spacial score (nSPS) is 12.2. The molecule has 0 aliphatic carbocycles. The molecule has 20 heavy (non-hydrogen) atoms. The van der Waals surface area contributed by atoms with Gasteiger partial charge in [-0.05, 0) is 32.4 Å². The number of aryl methyl sites for hydroxylation is 1. The average molecular weight is 273 g/mol. The minimum atomic E-state index is -0.595. The van der Waals surface area contributed by atoms with Crippen LogP contribution < -0.4 is 4.74 Å². The van der Waals surface area contributed by atoms with Gasteiger partial charge in [0.15, 0.2) is 6.10 Å². The highest BCUT2D eigenvalue weighted by atomic mass is 16.6. The van der Waals surface area contributed by atoms with Gasteiger partial charge in [0.1, 0.15) is 11.3 Å². The Morgan fingerprint density at radius 3 is 2.75 bits per heavy atom. The second-order valence-electron chi connectivity index (χ2n) is 4.55. The Hall–Kier alpha value is -2.10. The standard InChI is InChI=1S/C16H19NO3/c1-4-13(16(18)19-5-2)20-14-8-6-7-12-10-9-11(3)17-15(12)14/h6-10,13H,4-5H2,1-3H3. The summed E-state index contributed by atoms with van der Waals surface area (Å²) >= 11 is 0. The molecule has 1 aromatic carbocycles. The van der Waals surface area contributed by atoms with Crippen LogP contribution in [0.25, 0.3) is 10.9 Å². The molecule has 1 unspecified atom stereocenters. The van der Waals surface area contributed by atoms with E-state index in [9.17, 15) is 4.79 Å². The van der Waals surface area contributed by atoms with Gasteiger partial charge >= 0.3 is 5.97 Å². The zero-order valence-electron chi connectivity index (χ0n) is 12.1. The van der Waals surface area contributed by atoms with Crippen molar-refractivity contribution in [3.05, 3.63) is 36.0 Å². The third kappa shape index (κ3) is 3.07. The number of aromatic nitrogens is 1. The second kappa shape index (κ2) is 6.37. The smallest absolute Gasteiger partial charge is 0.347 e. The van der Waals surface area contributed by atoms with Crippen LogP contribution in [0.1, 0.15) is 26.0 Å². The molecule has 4 nitrogen and oxygen atoms in total. The summed E-state index contributed by atoms with van der Waals surface area (Å²) in [6, 6.07) is 9.65. The molecule has 0 aliphatic rings.